The zero-order chi connectivity index (χ0) is 33.3. The van der Waals surface area contributed by atoms with E-state index in [0.29, 0.717) is 0 Å². The Kier molecular flexibility index (Phi) is 16.6. The Hall–Kier alpha value is -2.44. The number of fused-ring (bicyclic) bond motifs is 3. The first kappa shape index (κ1) is 41.7. The van der Waals surface area contributed by atoms with Gasteiger partial charge in [0, 0.05) is 0 Å². The summed E-state index contributed by atoms with van der Waals surface area (Å²) in [4.78, 5) is 0. The minimum absolute atomic E-state index is 0. The Balaban J connectivity index is 0.000000260. The third-order valence-electron chi connectivity index (χ3n) is 8.57. The van der Waals surface area contributed by atoms with Crippen LogP contribution < -0.4 is 24.8 Å². The van der Waals surface area contributed by atoms with Crippen LogP contribution in [0.15, 0.2) is 120 Å². The Morgan fingerprint density at radius 1 is 0.646 bits per heavy atom. The van der Waals surface area contributed by atoms with Crippen LogP contribution in [0.5, 0.6) is 0 Å². The van der Waals surface area contributed by atoms with Crippen LogP contribution in [-0.4, -0.2) is 3.21 Å². The fraction of sp³-hybridized carbons (Fsp3) is 0.333. The van der Waals surface area contributed by atoms with Gasteiger partial charge >= 0.3 is 99.2 Å². The summed E-state index contributed by atoms with van der Waals surface area (Å²) in [6.07, 6.45) is 11.9. The SMILES string of the molecule is CC(C)(C)c1ccc2c(c1)[cH-]c1cc(C(C)(C)C)ccc12.CCCC1=[C-]CC(CCC)=C1.[Cl-].[Cl-].[Zr+2]=[C](c1ccccc1)c1ccccc1. The van der Waals surface area contributed by atoms with E-state index in [4.69, 9.17) is 0 Å². The molecule has 0 fully saturated rings. The van der Waals surface area contributed by atoms with E-state index in [9.17, 15) is 0 Å². The van der Waals surface area contributed by atoms with E-state index >= 15 is 0 Å². The van der Waals surface area contributed by atoms with Gasteiger partial charge in [-0.25, -0.2) is 11.6 Å². The van der Waals surface area contributed by atoms with Gasteiger partial charge in [-0.3, -0.25) is 6.08 Å². The molecule has 1 aliphatic rings. The molecule has 0 amide bonds. The Bertz CT molecular complexity index is 1680. The molecule has 0 atom stereocenters. The van der Waals surface area contributed by atoms with Crippen LogP contribution in [0.4, 0.5) is 0 Å². The molecule has 0 nitrogen and oxygen atoms in total. The van der Waals surface area contributed by atoms with Gasteiger partial charge in [0.2, 0.25) is 0 Å². The number of hydrogen-bond acceptors (Lipinski definition) is 0. The van der Waals surface area contributed by atoms with Crippen LogP contribution in [0.1, 0.15) is 110 Å². The molecule has 0 bridgehead atoms. The van der Waals surface area contributed by atoms with Gasteiger partial charge in [-0.2, -0.15) is 5.57 Å². The van der Waals surface area contributed by atoms with E-state index in [1.807, 2.05) is 0 Å². The van der Waals surface area contributed by atoms with Crippen molar-refractivity contribution in [3.8, 4) is 0 Å². The Labute approximate surface area is 318 Å². The van der Waals surface area contributed by atoms with Gasteiger partial charge in [0.05, 0.1) is 0 Å². The van der Waals surface area contributed by atoms with E-state index < -0.39 is 0 Å². The zero-order valence-electron chi connectivity index (χ0n) is 30.2. The summed E-state index contributed by atoms with van der Waals surface area (Å²) in [6.45, 7) is 18.1. The first-order valence-corrected chi connectivity index (χ1v) is 18.3. The first-order chi connectivity index (χ1) is 21.9. The van der Waals surface area contributed by atoms with Crippen molar-refractivity contribution in [1.29, 1.82) is 0 Å². The van der Waals surface area contributed by atoms with Crippen LogP contribution in [0.2, 0.25) is 0 Å². The summed E-state index contributed by atoms with van der Waals surface area (Å²) in [5, 5.41) is 5.48. The summed E-state index contributed by atoms with van der Waals surface area (Å²) in [6, 6.07) is 37.3. The van der Waals surface area contributed by atoms with Gasteiger partial charge in [0.25, 0.3) is 0 Å². The van der Waals surface area contributed by atoms with Crippen molar-refractivity contribution in [1.82, 2.24) is 0 Å². The molecule has 252 valence electrons. The Morgan fingerprint density at radius 3 is 1.48 bits per heavy atom. The molecule has 0 radical (unpaired) electrons. The number of rotatable bonds is 6. The van der Waals surface area contributed by atoms with E-state index in [1.54, 1.807) is 5.57 Å². The van der Waals surface area contributed by atoms with Gasteiger partial charge < -0.3 is 24.8 Å². The fourth-order valence-corrected chi connectivity index (χ4v) is 6.64. The summed E-state index contributed by atoms with van der Waals surface area (Å²) in [5.41, 5.74) is 8.89. The predicted octanol–water partition coefficient (Wildman–Crippen LogP) is 6.76. The monoisotopic (exact) mass is 752 g/mol. The maximum atomic E-state index is 3.42. The van der Waals surface area contributed by atoms with Crippen molar-refractivity contribution >= 4 is 24.8 Å². The van der Waals surface area contributed by atoms with Gasteiger partial charge in [0.1, 0.15) is 0 Å². The number of hydrogen-bond donors (Lipinski definition) is 0. The average Bonchev–Trinajstić information content (AvgIpc) is 3.65. The van der Waals surface area contributed by atoms with Crippen LogP contribution in [0.25, 0.3) is 21.5 Å². The topological polar surface area (TPSA) is 0 Å². The molecule has 0 unspecified atom stereocenters. The van der Waals surface area contributed by atoms with Crippen LogP contribution >= 0.6 is 0 Å². The first-order valence-electron chi connectivity index (χ1n) is 17.0. The molecule has 1 aliphatic carbocycles. The summed E-state index contributed by atoms with van der Waals surface area (Å²) >= 11 is 1.46. The molecular weight excluding hydrogens is 703 g/mol. The van der Waals surface area contributed by atoms with Crippen molar-refractivity contribution < 1.29 is 49.0 Å². The van der Waals surface area contributed by atoms with Crippen molar-refractivity contribution in [3.63, 3.8) is 0 Å². The Morgan fingerprint density at radius 2 is 1.08 bits per heavy atom. The summed E-state index contributed by atoms with van der Waals surface area (Å²) in [7, 11) is 0. The zero-order valence-corrected chi connectivity index (χ0v) is 34.2. The molecule has 3 heteroatoms. The maximum absolute atomic E-state index is 3.42. The van der Waals surface area contributed by atoms with Crippen molar-refractivity contribution in [3.05, 3.63) is 149 Å². The van der Waals surface area contributed by atoms with Gasteiger partial charge in [-0.05, 0) is 17.3 Å². The van der Waals surface area contributed by atoms with E-state index in [-0.39, 0.29) is 35.6 Å². The number of benzene rings is 4. The third-order valence-corrected chi connectivity index (χ3v) is 9.99. The van der Waals surface area contributed by atoms with Crippen LogP contribution in [0.3, 0.4) is 0 Å². The summed E-state index contributed by atoms with van der Waals surface area (Å²) in [5.74, 6) is 0. The fourth-order valence-electron chi connectivity index (χ4n) is 5.82. The molecule has 5 aromatic carbocycles. The van der Waals surface area contributed by atoms with E-state index in [2.05, 4.69) is 171 Å². The molecule has 0 aliphatic heterocycles. The van der Waals surface area contributed by atoms with E-state index in [1.165, 1.54) is 102 Å². The molecule has 0 heterocycles. The molecular formula is C45H52Cl2Zr-2. The quantitative estimate of drug-likeness (QED) is 0.168. The molecule has 5 aromatic rings. The third kappa shape index (κ3) is 11.6. The van der Waals surface area contributed by atoms with Crippen molar-refractivity contribution in [2.75, 3.05) is 0 Å². The van der Waals surface area contributed by atoms with Gasteiger partial charge in [-0.15, -0.1) is 46.2 Å². The molecule has 0 N–H and O–H groups in total. The molecule has 0 saturated carbocycles. The molecule has 6 rings (SSSR count). The minimum atomic E-state index is 0. The van der Waals surface area contributed by atoms with Crippen LogP contribution in [-0.2, 0) is 35.1 Å². The predicted molar refractivity (Wildman–Crippen MR) is 200 cm³/mol. The van der Waals surface area contributed by atoms with Crippen molar-refractivity contribution in [2.24, 2.45) is 0 Å². The second kappa shape index (κ2) is 19.1. The molecule has 48 heavy (non-hydrogen) atoms. The molecule has 0 spiro atoms. The van der Waals surface area contributed by atoms with E-state index in [0.717, 1.165) is 6.42 Å². The molecule has 0 saturated heterocycles. The molecule has 0 aromatic heterocycles. The van der Waals surface area contributed by atoms with Gasteiger partial charge in [-0.1, -0.05) is 110 Å². The van der Waals surface area contributed by atoms with Gasteiger partial charge in [0.15, 0.2) is 0 Å². The standard InChI is InChI=1S/C21H25.C13H10.C11H17.2ClH.Zr/c1-20(2,3)16-7-9-18-14(12-16)11-15-13-17(21(4,5)6)8-10-19(15)18;1-3-7-12(8-4-1)11-13-9-5-2-6-10-13;1-3-5-10-7-8-11(9-10)6-4-2;;;/h7-13H,1-6H3;1-10H;9H,3-7H2,1-2H3;2*1H;/q-1;;-1;;;+2/p-2. The summed E-state index contributed by atoms with van der Waals surface area (Å²) < 4.78 is 1.42. The van der Waals surface area contributed by atoms with Crippen molar-refractivity contribution in [2.45, 2.75) is 98.3 Å². The average molecular weight is 755 g/mol. The second-order valence-corrected chi connectivity index (χ2v) is 15.8. The second-order valence-electron chi connectivity index (χ2n) is 14.5. The van der Waals surface area contributed by atoms with Crippen LogP contribution in [0, 0.1) is 6.08 Å². The number of halogens is 2. The number of allylic oxidation sites excluding steroid dienone is 4. The normalized spacial score (nSPS) is 12.5.